The summed E-state index contributed by atoms with van der Waals surface area (Å²) in [6, 6.07) is 15.6. The molecule has 0 fully saturated rings. The zero-order valence-electron chi connectivity index (χ0n) is 15.1. The van der Waals surface area contributed by atoms with Crippen molar-refractivity contribution in [2.24, 2.45) is 0 Å². The second-order valence-electron chi connectivity index (χ2n) is 6.20. The number of benzene rings is 2. The third-order valence-electron chi connectivity index (χ3n) is 4.29. The molecule has 0 aliphatic heterocycles. The summed E-state index contributed by atoms with van der Waals surface area (Å²) in [4.78, 5) is 0. The van der Waals surface area contributed by atoms with Crippen LogP contribution in [0.5, 0.6) is 0 Å². The molecule has 7 heteroatoms. The molecule has 140 valence electrons. The highest BCUT2D eigenvalue weighted by Gasteiger charge is 2.15. The molecule has 3 rings (SSSR count). The molecule has 0 unspecified atom stereocenters. The van der Waals surface area contributed by atoms with Crippen LogP contribution in [0.25, 0.3) is 0 Å². The molecular weight excluding hydrogens is 399 g/mol. The normalized spacial score (nSPS) is 10.7. The van der Waals surface area contributed by atoms with Gasteiger partial charge in [0.15, 0.2) is 5.11 Å². The summed E-state index contributed by atoms with van der Waals surface area (Å²) in [5.41, 5.74) is 4.73. The summed E-state index contributed by atoms with van der Waals surface area (Å²) < 4.78 is 1.88. The van der Waals surface area contributed by atoms with E-state index in [9.17, 15) is 0 Å². The van der Waals surface area contributed by atoms with Gasteiger partial charge in [-0.05, 0) is 43.8 Å². The molecule has 4 nitrogen and oxygen atoms in total. The van der Waals surface area contributed by atoms with Crippen molar-refractivity contribution in [2.45, 2.75) is 26.9 Å². The van der Waals surface area contributed by atoms with Gasteiger partial charge in [-0.3, -0.25) is 4.68 Å². The lowest BCUT2D eigenvalue weighted by molar-refractivity contribution is 0.659. The van der Waals surface area contributed by atoms with Crippen LogP contribution in [0, 0.1) is 13.8 Å². The van der Waals surface area contributed by atoms with E-state index in [-0.39, 0.29) is 0 Å². The number of nitrogens with one attached hydrogen (secondary N) is 2. The zero-order valence-corrected chi connectivity index (χ0v) is 17.4. The third kappa shape index (κ3) is 4.80. The number of aryl methyl sites for hydroxylation is 1. The fraction of sp³-hybridized carbons (Fsp3) is 0.200. The lowest BCUT2D eigenvalue weighted by Crippen LogP contribution is -2.28. The molecule has 1 heterocycles. The molecule has 1 aromatic heterocycles. The van der Waals surface area contributed by atoms with E-state index in [1.165, 1.54) is 5.56 Å². The summed E-state index contributed by atoms with van der Waals surface area (Å²) in [5, 5.41) is 12.9. The van der Waals surface area contributed by atoms with E-state index < -0.39 is 0 Å². The van der Waals surface area contributed by atoms with E-state index in [0.29, 0.717) is 28.2 Å². The lowest BCUT2D eigenvalue weighted by atomic mass is 10.2. The second kappa shape index (κ2) is 8.74. The number of thiocarbonyl (C=S) groups is 1. The molecule has 0 bridgehead atoms. The molecule has 0 saturated heterocycles. The molecule has 0 aliphatic rings. The first kappa shape index (κ1) is 19.7. The zero-order chi connectivity index (χ0) is 19.4. The molecule has 0 radical (unpaired) electrons. The molecule has 0 amide bonds. The Hall–Kier alpha value is -2.08. The van der Waals surface area contributed by atoms with Crippen LogP contribution < -0.4 is 10.6 Å². The minimum Gasteiger partial charge on any atom is -0.358 e. The first-order valence-corrected chi connectivity index (χ1v) is 9.68. The van der Waals surface area contributed by atoms with Gasteiger partial charge in [0.2, 0.25) is 0 Å². The van der Waals surface area contributed by atoms with Crippen LogP contribution in [-0.4, -0.2) is 14.9 Å². The Balaban J connectivity index is 1.71. The number of anilines is 1. The van der Waals surface area contributed by atoms with Crippen LogP contribution in [0.15, 0.2) is 48.5 Å². The third-order valence-corrected chi connectivity index (χ3v) is 5.24. The van der Waals surface area contributed by atoms with Crippen molar-refractivity contribution in [3.63, 3.8) is 0 Å². The largest absolute Gasteiger partial charge is 0.358 e. The first-order valence-electron chi connectivity index (χ1n) is 8.51. The van der Waals surface area contributed by atoms with Gasteiger partial charge in [-0.15, -0.1) is 0 Å². The highest BCUT2D eigenvalue weighted by molar-refractivity contribution is 7.80. The van der Waals surface area contributed by atoms with Crippen LogP contribution >= 0.6 is 35.4 Å². The molecule has 2 aromatic carbocycles. The van der Waals surface area contributed by atoms with E-state index in [2.05, 4.69) is 27.9 Å². The number of halogens is 2. The topological polar surface area (TPSA) is 41.9 Å². The van der Waals surface area contributed by atoms with E-state index in [1.807, 2.05) is 54.9 Å². The van der Waals surface area contributed by atoms with Gasteiger partial charge in [-0.2, -0.15) is 5.10 Å². The summed E-state index contributed by atoms with van der Waals surface area (Å²) >= 11 is 18.0. The number of rotatable bonds is 5. The summed E-state index contributed by atoms with van der Waals surface area (Å²) in [7, 11) is 0. The quantitative estimate of drug-likeness (QED) is 0.548. The van der Waals surface area contributed by atoms with Gasteiger partial charge in [-0.1, -0.05) is 59.6 Å². The molecule has 0 atom stereocenters. The van der Waals surface area contributed by atoms with Crippen molar-refractivity contribution >= 4 is 46.2 Å². The Morgan fingerprint density at radius 3 is 2.37 bits per heavy atom. The van der Waals surface area contributed by atoms with Crippen LogP contribution in [0.3, 0.4) is 0 Å². The van der Waals surface area contributed by atoms with Gasteiger partial charge in [0.05, 0.1) is 23.6 Å². The minimum absolute atomic E-state index is 0.497. The Kier molecular flexibility index (Phi) is 6.37. The predicted octanol–water partition coefficient (Wildman–Crippen LogP) is 5.34. The fourth-order valence-corrected chi connectivity index (χ4v) is 3.49. The monoisotopic (exact) mass is 418 g/mol. The highest BCUT2D eigenvalue weighted by atomic mass is 35.5. The van der Waals surface area contributed by atoms with Gasteiger partial charge in [-0.25, -0.2) is 0 Å². The maximum absolute atomic E-state index is 6.29. The first-order chi connectivity index (χ1) is 13.0. The van der Waals surface area contributed by atoms with Crippen molar-refractivity contribution in [1.82, 2.24) is 15.1 Å². The Labute approximate surface area is 174 Å². The molecule has 2 N–H and O–H groups in total. The average molecular weight is 419 g/mol. The van der Waals surface area contributed by atoms with Crippen molar-refractivity contribution in [2.75, 3.05) is 5.32 Å². The van der Waals surface area contributed by atoms with Crippen molar-refractivity contribution in [3.8, 4) is 0 Å². The summed E-state index contributed by atoms with van der Waals surface area (Å²) in [6.45, 7) is 5.10. The van der Waals surface area contributed by atoms with Crippen LogP contribution in [0.2, 0.25) is 10.0 Å². The highest BCUT2D eigenvalue weighted by Crippen LogP contribution is 2.27. The molecule has 0 saturated carbocycles. The van der Waals surface area contributed by atoms with Gasteiger partial charge in [0, 0.05) is 22.2 Å². The molecule has 0 aliphatic carbocycles. The van der Waals surface area contributed by atoms with Crippen LogP contribution in [-0.2, 0) is 13.1 Å². The van der Waals surface area contributed by atoms with Crippen molar-refractivity contribution in [1.29, 1.82) is 0 Å². The maximum Gasteiger partial charge on any atom is 0.171 e. The average Bonchev–Trinajstić information content (AvgIpc) is 2.91. The van der Waals surface area contributed by atoms with Gasteiger partial charge in [0.1, 0.15) is 0 Å². The smallest absolute Gasteiger partial charge is 0.171 e. The number of aromatic nitrogens is 2. The van der Waals surface area contributed by atoms with E-state index in [4.69, 9.17) is 35.4 Å². The standard InChI is InChI=1S/C20H20Cl2N4S/c1-13-19(24-20(27)23-11-15-7-4-3-5-8-15)14(2)26(25-13)12-16-17(21)9-6-10-18(16)22/h3-10H,11-12H2,1-2H3,(H2,23,24,27). The molecular formula is C20H20Cl2N4S. The molecule has 3 aromatic rings. The number of hydrogen-bond acceptors (Lipinski definition) is 2. The number of nitrogens with zero attached hydrogens (tertiary/aromatic N) is 2. The predicted molar refractivity (Wildman–Crippen MR) is 117 cm³/mol. The maximum atomic E-state index is 6.29. The number of hydrogen-bond donors (Lipinski definition) is 2. The summed E-state index contributed by atoms with van der Waals surface area (Å²) in [6.07, 6.45) is 0. The Morgan fingerprint density at radius 1 is 1.04 bits per heavy atom. The van der Waals surface area contributed by atoms with E-state index in [0.717, 1.165) is 22.6 Å². The van der Waals surface area contributed by atoms with Gasteiger partial charge >= 0.3 is 0 Å². The minimum atomic E-state index is 0.497. The fourth-order valence-electron chi connectivity index (χ4n) is 2.80. The SMILES string of the molecule is Cc1nn(Cc2c(Cl)cccc2Cl)c(C)c1NC(=S)NCc1ccccc1. The van der Waals surface area contributed by atoms with Gasteiger partial charge in [0.25, 0.3) is 0 Å². The van der Waals surface area contributed by atoms with Crippen LogP contribution in [0.1, 0.15) is 22.5 Å². The molecule has 27 heavy (non-hydrogen) atoms. The summed E-state index contributed by atoms with van der Waals surface area (Å²) in [5.74, 6) is 0. The molecule has 0 spiro atoms. The van der Waals surface area contributed by atoms with E-state index >= 15 is 0 Å². The Bertz CT molecular complexity index is 934. The second-order valence-corrected chi connectivity index (χ2v) is 7.42. The van der Waals surface area contributed by atoms with Crippen LogP contribution in [0.4, 0.5) is 5.69 Å². The van der Waals surface area contributed by atoms with Gasteiger partial charge < -0.3 is 10.6 Å². The van der Waals surface area contributed by atoms with E-state index in [1.54, 1.807) is 0 Å². The van der Waals surface area contributed by atoms with Crippen molar-refractivity contribution in [3.05, 3.63) is 81.1 Å². The lowest BCUT2D eigenvalue weighted by Gasteiger charge is -2.12. The van der Waals surface area contributed by atoms with Crippen molar-refractivity contribution < 1.29 is 0 Å². The Morgan fingerprint density at radius 2 is 1.70 bits per heavy atom.